The maximum absolute atomic E-state index is 10.4. The van der Waals surface area contributed by atoms with Crippen LogP contribution in [0.25, 0.3) is 6.08 Å². The van der Waals surface area contributed by atoms with Crippen molar-refractivity contribution in [3.8, 4) is 11.8 Å². The molecular formula is C18H13ClO. The molecule has 20 heavy (non-hydrogen) atoms. The quantitative estimate of drug-likeness (QED) is 0.721. The maximum atomic E-state index is 10.4. The fourth-order valence-electron chi connectivity index (χ4n) is 2.26. The summed E-state index contributed by atoms with van der Waals surface area (Å²) in [7, 11) is 0. The Morgan fingerprint density at radius 2 is 1.75 bits per heavy atom. The lowest BCUT2D eigenvalue weighted by molar-refractivity contribution is 0.153. The van der Waals surface area contributed by atoms with Crippen molar-refractivity contribution in [2.45, 2.75) is 6.10 Å². The van der Waals surface area contributed by atoms with E-state index in [2.05, 4.69) is 11.8 Å². The summed E-state index contributed by atoms with van der Waals surface area (Å²) in [4.78, 5) is 0. The first-order chi connectivity index (χ1) is 9.74. The van der Waals surface area contributed by atoms with Crippen molar-refractivity contribution in [2.75, 3.05) is 0 Å². The number of fused-ring (bicyclic) bond motifs is 1. The number of aliphatic hydroxyl groups is 1. The fourth-order valence-corrected chi connectivity index (χ4v) is 2.39. The summed E-state index contributed by atoms with van der Waals surface area (Å²) in [6, 6.07) is 15.2. The van der Waals surface area contributed by atoms with Gasteiger partial charge >= 0.3 is 0 Å². The normalized spacial score (nSPS) is 19.9. The third-order valence-electron chi connectivity index (χ3n) is 3.37. The van der Waals surface area contributed by atoms with Crippen molar-refractivity contribution < 1.29 is 5.11 Å². The summed E-state index contributed by atoms with van der Waals surface area (Å²) < 4.78 is 0. The van der Waals surface area contributed by atoms with Gasteiger partial charge in [-0.1, -0.05) is 59.9 Å². The van der Waals surface area contributed by atoms with Gasteiger partial charge in [0.25, 0.3) is 0 Å². The van der Waals surface area contributed by atoms with E-state index in [0.29, 0.717) is 5.02 Å². The first-order valence-electron chi connectivity index (χ1n) is 6.46. The van der Waals surface area contributed by atoms with E-state index in [1.807, 2.05) is 60.7 Å². The number of hydrogen-bond donors (Lipinski definition) is 1. The molecular weight excluding hydrogens is 268 g/mol. The number of halogens is 1. The molecule has 0 amide bonds. The summed E-state index contributed by atoms with van der Waals surface area (Å²) in [6.45, 7) is 0. The van der Waals surface area contributed by atoms with Crippen LogP contribution in [0.1, 0.15) is 22.8 Å². The lowest BCUT2D eigenvalue weighted by Gasteiger charge is -2.21. The maximum Gasteiger partial charge on any atom is 0.0968 e. The number of hydrogen-bond acceptors (Lipinski definition) is 1. The van der Waals surface area contributed by atoms with Crippen LogP contribution in [0.15, 0.2) is 54.6 Å². The van der Waals surface area contributed by atoms with Crippen LogP contribution in [-0.2, 0) is 0 Å². The molecule has 0 saturated heterocycles. The summed E-state index contributed by atoms with van der Waals surface area (Å²) >= 11 is 5.84. The van der Waals surface area contributed by atoms with Gasteiger partial charge in [0.05, 0.1) is 12.0 Å². The second-order valence-electron chi connectivity index (χ2n) is 4.73. The van der Waals surface area contributed by atoms with Gasteiger partial charge in [0.15, 0.2) is 0 Å². The van der Waals surface area contributed by atoms with Crippen LogP contribution in [-0.4, -0.2) is 5.11 Å². The van der Waals surface area contributed by atoms with E-state index in [9.17, 15) is 5.11 Å². The Hall–Kier alpha value is -2.01. The SMILES string of the molecule is OC1c2ccccc2C=CC1C#Cc1ccc(Cl)cc1. The molecule has 0 fully saturated rings. The Kier molecular flexibility index (Phi) is 3.60. The molecule has 2 aromatic carbocycles. The fraction of sp³-hybridized carbons (Fsp3) is 0.111. The van der Waals surface area contributed by atoms with Crippen LogP contribution >= 0.6 is 11.6 Å². The lowest BCUT2D eigenvalue weighted by Crippen LogP contribution is -2.13. The van der Waals surface area contributed by atoms with Crippen molar-refractivity contribution in [2.24, 2.45) is 5.92 Å². The monoisotopic (exact) mass is 280 g/mol. The van der Waals surface area contributed by atoms with Gasteiger partial charge in [-0.2, -0.15) is 0 Å². The molecule has 0 saturated carbocycles. The van der Waals surface area contributed by atoms with Gasteiger partial charge in [-0.05, 0) is 35.4 Å². The van der Waals surface area contributed by atoms with Gasteiger partial charge in [-0.3, -0.25) is 0 Å². The predicted octanol–water partition coefficient (Wildman–Crippen LogP) is 4.07. The van der Waals surface area contributed by atoms with Crippen LogP contribution in [0.5, 0.6) is 0 Å². The van der Waals surface area contributed by atoms with E-state index >= 15 is 0 Å². The van der Waals surface area contributed by atoms with Crippen LogP contribution in [0.3, 0.4) is 0 Å². The zero-order valence-electron chi connectivity index (χ0n) is 10.8. The van der Waals surface area contributed by atoms with Gasteiger partial charge in [-0.15, -0.1) is 0 Å². The Morgan fingerprint density at radius 3 is 2.55 bits per heavy atom. The van der Waals surface area contributed by atoms with Crippen molar-refractivity contribution in [3.63, 3.8) is 0 Å². The molecule has 98 valence electrons. The number of benzene rings is 2. The highest BCUT2D eigenvalue weighted by molar-refractivity contribution is 6.30. The van der Waals surface area contributed by atoms with E-state index in [1.54, 1.807) is 0 Å². The molecule has 1 aliphatic carbocycles. The molecule has 1 aliphatic rings. The first kappa shape index (κ1) is 13.0. The van der Waals surface area contributed by atoms with E-state index < -0.39 is 6.10 Å². The van der Waals surface area contributed by atoms with Crippen LogP contribution in [0.2, 0.25) is 5.02 Å². The summed E-state index contributed by atoms with van der Waals surface area (Å²) in [5.74, 6) is 6.02. The Balaban J connectivity index is 1.86. The molecule has 0 radical (unpaired) electrons. The topological polar surface area (TPSA) is 20.2 Å². The number of rotatable bonds is 0. The van der Waals surface area contributed by atoms with Crippen LogP contribution < -0.4 is 0 Å². The van der Waals surface area contributed by atoms with Crippen molar-refractivity contribution in [1.29, 1.82) is 0 Å². The molecule has 1 nitrogen and oxygen atoms in total. The zero-order chi connectivity index (χ0) is 13.9. The van der Waals surface area contributed by atoms with Crippen LogP contribution in [0, 0.1) is 17.8 Å². The molecule has 0 bridgehead atoms. The Bertz CT molecular complexity index is 704. The number of aliphatic hydroxyl groups excluding tert-OH is 1. The van der Waals surface area contributed by atoms with Gasteiger partial charge in [0, 0.05) is 10.6 Å². The van der Waals surface area contributed by atoms with Crippen LogP contribution in [0.4, 0.5) is 0 Å². The largest absolute Gasteiger partial charge is 0.387 e. The molecule has 2 unspecified atom stereocenters. The Labute approximate surface area is 123 Å². The van der Waals surface area contributed by atoms with Gasteiger partial charge in [0.1, 0.15) is 0 Å². The highest BCUT2D eigenvalue weighted by atomic mass is 35.5. The van der Waals surface area contributed by atoms with E-state index in [-0.39, 0.29) is 5.92 Å². The van der Waals surface area contributed by atoms with Crippen molar-refractivity contribution in [1.82, 2.24) is 0 Å². The van der Waals surface area contributed by atoms with Crippen molar-refractivity contribution >= 4 is 17.7 Å². The molecule has 0 spiro atoms. The highest BCUT2D eigenvalue weighted by Gasteiger charge is 2.21. The van der Waals surface area contributed by atoms with E-state index in [0.717, 1.165) is 16.7 Å². The molecule has 3 rings (SSSR count). The second kappa shape index (κ2) is 5.54. The standard InChI is InChI=1S/C18H13ClO/c19-16-11-6-13(7-12-16)5-8-15-10-9-14-3-1-2-4-17(14)18(15)20/h1-4,6-7,9-12,15,18,20H. The minimum absolute atomic E-state index is 0.180. The van der Waals surface area contributed by atoms with Crippen molar-refractivity contribution in [3.05, 3.63) is 76.3 Å². The predicted molar refractivity (Wildman–Crippen MR) is 82.3 cm³/mol. The molecule has 2 aromatic rings. The van der Waals surface area contributed by atoms with Gasteiger partial charge in [0.2, 0.25) is 0 Å². The highest BCUT2D eigenvalue weighted by Crippen LogP contribution is 2.31. The average molecular weight is 281 g/mol. The summed E-state index contributed by atoms with van der Waals surface area (Å²) in [5.41, 5.74) is 2.89. The van der Waals surface area contributed by atoms with E-state index in [4.69, 9.17) is 11.6 Å². The first-order valence-corrected chi connectivity index (χ1v) is 6.84. The van der Waals surface area contributed by atoms with Gasteiger partial charge < -0.3 is 5.11 Å². The third-order valence-corrected chi connectivity index (χ3v) is 3.62. The smallest absolute Gasteiger partial charge is 0.0968 e. The molecule has 0 heterocycles. The summed E-state index contributed by atoms with van der Waals surface area (Å²) in [5, 5.41) is 11.1. The zero-order valence-corrected chi connectivity index (χ0v) is 11.5. The molecule has 2 atom stereocenters. The molecule has 0 aromatic heterocycles. The second-order valence-corrected chi connectivity index (χ2v) is 5.17. The summed E-state index contributed by atoms with van der Waals surface area (Å²) in [6.07, 6.45) is 3.40. The van der Waals surface area contributed by atoms with E-state index in [1.165, 1.54) is 0 Å². The molecule has 1 N–H and O–H groups in total. The lowest BCUT2D eigenvalue weighted by atomic mass is 9.87. The Morgan fingerprint density at radius 1 is 1.00 bits per heavy atom. The molecule has 2 heteroatoms. The van der Waals surface area contributed by atoms with Gasteiger partial charge in [-0.25, -0.2) is 0 Å². The molecule has 0 aliphatic heterocycles. The average Bonchev–Trinajstić information content (AvgIpc) is 2.49. The minimum atomic E-state index is -0.573. The third kappa shape index (κ3) is 2.63. The minimum Gasteiger partial charge on any atom is -0.387 e.